The Morgan fingerprint density at radius 3 is 1.79 bits per heavy atom. The lowest BCUT2D eigenvalue weighted by molar-refractivity contribution is -0.202. The van der Waals surface area contributed by atoms with Gasteiger partial charge in [0.2, 0.25) is 0 Å². The second kappa shape index (κ2) is 7.59. The van der Waals surface area contributed by atoms with Crippen LogP contribution in [0.5, 0.6) is 0 Å². The highest BCUT2D eigenvalue weighted by molar-refractivity contribution is 5.88. The molecule has 0 radical (unpaired) electrons. The molecular weight excluding hydrogens is 364 g/mol. The van der Waals surface area contributed by atoms with Crippen LogP contribution in [0.15, 0.2) is 24.3 Å². The van der Waals surface area contributed by atoms with Gasteiger partial charge in [0.1, 0.15) is 11.2 Å². The van der Waals surface area contributed by atoms with Crippen LogP contribution in [0.25, 0.3) is 0 Å². The van der Waals surface area contributed by atoms with E-state index in [0.29, 0.717) is 24.0 Å². The van der Waals surface area contributed by atoms with Gasteiger partial charge in [0.05, 0.1) is 0 Å². The lowest BCUT2D eigenvalue weighted by Crippen LogP contribution is -2.58. The van der Waals surface area contributed by atoms with Crippen molar-refractivity contribution in [2.24, 2.45) is 23.2 Å². The molecule has 29 heavy (non-hydrogen) atoms. The molecule has 162 valence electrons. The first-order chi connectivity index (χ1) is 13.3. The van der Waals surface area contributed by atoms with Crippen molar-refractivity contribution in [3.8, 4) is 0 Å². The summed E-state index contributed by atoms with van der Waals surface area (Å²) in [6.45, 7) is 17.1. The predicted molar refractivity (Wildman–Crippen MR) is 114 cm³/mol. The van der Waals surface area contributed by atoms with E-state index in [9.17, 15) is 9.59 Å². The number of carbonyl (C=O) groups excluding carboxylic acids is 2. The van der Waals surface area contributed by atoms with Gasteiger partial charge in [-0.05, 0) is 104 Å². The third-order valence-electron chi connectivity index (χ3n) is 7.42. The summed E-state index contributed by atoms with van der Waals surface area (Å²) in [5.41, 5.74) is -0.296. The molecule has 4 nitrogen and oxygen atoms in total. The van der Waals surface area contributed by atoms with Crippen LogP contribution >= 0.6 is 0 Å². The number of ether oxygens (including phenoxy) is 2. The smallest absolute Gasteiger partial charge is 0.333 e. The van der Waals surface area contributed by atoms with Gasteiger partial charge in [-0.2, -0.15) is 0 Å². The lowest BCUT2D eigenvalue weighted by Gasteiger charge is -2.62. The minimum absolute atomic E-state index is 0.00106. The van der Waals surface area contributed by atoms with Gasteiger partial charge in [-0.1, -0.05) is 13.2 Å². The highest BCUT2D eigenvalue weighted by atomic mass is 16.6. The number of hydrogen-bond acceptors (Lipinski definition) is 4. The van der Waals surface area contributed by atoms with Crippen molar-refractivity contribution in [1.82, 2.24) is 0 Å². The number of carbonyl (C=O) groups is 2. The molecule has 0 aromatic heterocycles. The molecule has 0 spiro atoms. The molecule has 0 aromatic rings. The van der Waals surface area contributed by atoms with Crippen molar-refractivity contribution in [3.63, 3.8) is 0 Å². The molecule has 0 saturated heterocycles. The number of rotatable bonds is 7. The molecule has 4 bridgehead atoms. The van der Waals surface area contributed by atoms with Crippen LogP contribution in [0, 0.1) is 23.2 Å². The van der Waals surface area contributed by atoms with Crippen molar-refractivity contribution in [3.05, 3.63) is 24.3 Å². The molecule has 0 heterocycles. The van der Waals surface area contributed by atoms with Gasteiger partial charge in [0, 0.05) is 16.6 Å². The van der Waals surface area contributed by atoms with Crippen molar-refractivity contribution in [1.29, 1.82) is 0 Å². The van der Waals surface area contributed by atoms with E-state index in [1.807, 2.05) is 20.8 Å². The summed E-state index contributed by atoms with van der Waals surface area (Å²) in [6, 6.07) is 0. The average molecular weight is 403 g/mol. The summed E-state index contributed by atoms with van der Waals surface area (Å²) in [5, 5.41) is 0. The Hall–Kier alpha value is -1.58. The van der Waals surface area contributed by atoms with Crippen LogP contribution < -0.4 is 0 Å². The Kier molecular flexibility index (Phi) is 5.79. The third-order valence-corrected chi connectivity index (χ3v) is 7.42. The molecule has 4 fully saturated rings. The second-order valence-electron chi connectivity index (χ2n) is 11.2. The first-order valence-corrected chi connectivity index (χ1v) is 11.1. The maximum absolute atomic E-state index is 12.6. The molecule has 0 aromatic carbocycles. The predicted octanol–water partition coefficient (Wildman–Crippen LogP) is 5.76. The zero-order chi connectivity index (χ0) is 21.6. The Morgan fingerprint density at radius 1 is 0.897 bits per heavy atom. The topological polar surface area (TPSA) is 52.6 Å². The Balaban J connectivity index is 1.79. The Morgan fingerprint density at radius 2 is 1.38 bits per heavy atom. The molecule has 0 amide bonds. The summed E-state index contributed by atoms with van der Waals surface area (Å²) in [6.07, 6.45) is 8.41. The molecule has 4 rings (SSSR count). The van der Waals surface area contributed by atoms with E-state index in [0.717, 1.165) is 37.0 Å². The maximum Gasteiger partial charge on any atom is 0.333 e. The van der Waals surface area contributed by atoms with Crippen LogP contribution in [0.4, 0.5) is 0 Å². The van der Waals surface area contributed by atoms with Crippen molar-refractivity contribution >= 4 is 11.9 Å². The SMILES string of the molecule is C=C(C)C(=O)OC(C)(CCC(=C)C(=O)OC(C)(C)C)C12CC3CC(CC(C3)C1)C2. The lowest BCUT2D eigenvalue weighted by atomic mass is 9.45. The van der Waals surface area contributed by atoms with Crippen LogP contribution in [0.3, 0.4) is 0 Å². The summed E-state index contributed by atoms with van der Waals surface area (Å²) in [7, 11) is 0. The summed E-state index contributed by atoms with van der Waals surface area (Å²) >= 11 is 0. The first-order valence-electron chi connectivity index (χ1n) is 11.1. The van der Waals surface area contributed by atoms with E-state index in [-0.39, 0.29) is 17.4 Å². The quantitative estimate of drug-likeness (QED) is 0.401. The molecule has 0 aliphatic heterocycles. The van der Waals surface area contributed by atoms with Gasteiger partial charge in [-0.25, -0.2) is 9.59 Å². The zero-order valence-corrected chi connectivity index (χ0v) is 18.9. The van der Waals surface area contributed by atoms with Crippen molar-refractivity contribution < 1.29 is 19.1 Å². The average Bonchev–Trinajstić information content (AvgIpc) is 2.56. The molecule has 0 N–H and O–H groups in total. The van der Waals surface area contributed by atoms with E-state index in [2.05, 4.69) is 20.1 Å². The van der Waals surface area contributed by atoms with Crippen LogP contribution in [-0.4, -0.2) is 23.1 Å². The van der Waals surface area contributed by atoms with E-state index in [1.54, 1.807) is 6.92 Å². The van der Waals surface area contributed by atoms with Gasteiger partial charge in [-0.15, -0.1) is 0 Å². The molecule has 4 heteroatoms. The Labute approximate surface area is 176 Å². The Bertz CT molecular complexity index is 676. The van der Waals surface area contributed by atoms with E-state index in [1.165, 1.54) is 19.3 Å². The monoisotopic (exact) mass is 402 g/mol. The summed E-state index contributed by atoms with van der Waals surface area (Å²) in [4.78, 5) is 25.0. The molecule has 4 aliphatic carbocycles. The van der Waals surface area contributed by atoms with Crippen LogP contribution in [0.1, 0.15) is 86.0 Å². The molecule has 1 unspecified atom stereocenters. The van der Waals surface area contributed by atoms with Gasteiger partial charge in [0.25, 0.3) is 0 Å². The summed E-state index contributed by atoms with van der Waals surface area (Å²) < 4.78 is 11.7. The van der Waals surface area contributed by atoms with E-state index < -0.39 is 11.2 Å². The van der Waals surface area contributed by atoms with Crippen molar-refractivity contribution in [2.45, 2.75) is 97.2 Å². The summed E-state index contributed by atoms with van der Waals surface area (Å²) in [5.74, 6) is 1.55. The second-order valence-corrected chi connectivity index (χ2v) is 11.2. The standard InChI is InChI=1S/C25H38O4/c1-16(2)21(26)29-24(7,9-8-17(3)22(27)28-23(4,5)6)25-13-18-10-19(14-25)12-20(11-18)15-25/h18-20H,1,3,8-15H2,2,4-7H3. The minimum atomic E-state index is -0.621. The van der Waals surface area contributed by atoms with Crippen LogP contribution in [0.2, 0.25) is 0 Å². The highest BCUT2D eigenvalue weighted by Gasteiger charge is 2.60. The zero-order valence-electron chi connectivity index (χ0n) is 18.9. The van der Waals surface area contributed by atoms with Crippen LogP contribution in [-0.2, 0) is 19.1 Å². The fourth-order valence-corrected chi connectivity index (χ4v) is 6.32. The number of esters is 2. The molecule has 4 aliphatic rings. The van der Waals surface area contributed by atoms with Gasteiger partial charge in [-0.3, -0.25) is 0 Å². The fraction of sp³-hybridized carbons (Fsp3) is 0.760. The van der Waals surface area contributed by atoms with Gasteiger partial charge >= 0.3 is 11.9 Å². The fourth-order valence-electron chi connectivity index (χ4n) is 6.32. The van der Waals surface area contributed by atoms with E-state index in [4.69, 9.17) is 9.47 Å². The van der Waals surface area contributed by atoms with Gasteiger partial charge in [0.15, 0.2) is 0 Å². The normalized spacial score (nSPS) is 32.4. The third kappa shape index (κ3) is 4.62. The van der Waals surface area contributed by atoms with Gasteiger partial charge < -0.3 is 9.47 Å². The highest BCUT2D eigenvalue weighted by Crippen LogP contribution is 2.65. The largest absolute Gasteiger partial charge is 0.457 e. The number of hydrogen-bond donors (Lipinski definition) is 0. The minimum Gasteiger partial charge on any atom is -0.457 e. The van der Waals surface area contributed by atoms with E-state index >= 15 is 0 Å². The molecule has 1 atom stereocenters. The first kappa shape index (κ1) is 22.1. The molecule has 4 saturated carbocycles. The van der Waals surface area contributed by atoms with Crippen molar-refractivity contribution in [2.75, 3.05) is 0 Å². The maximum atomic E-state index is 12.6. The molecular formula is C25H38O4.